The van der Waals surface area contributed by atoms with Gasteiger partial charge in [-0.2, -0.15) is 8.78 Å². The quantitative estimate of drug-likeness (QED) is 0.740. The van der Waals surface area contributed by atoms with Gasteiger partial charge < -0.3 is 9.30 Å². The average Bonchev–Trinajstić information content (AvgIpc) is 3.36. The number of amides is 2. The SMILES string of the molecule is Cn1c(SCC(=O)NC(=O)c2ccc(OC(F)F)cc2)nnc1C1CC1. The smallest absolute Gasteiger partial charge is 0.387 e. The number of rotatable bonds is 7. The van der Waals surface area contributed by atoms with Crippen molar-refractivity contribution in [3.63, 3.8) is 0 Å². The number of thioether (sulfide) groups is 1. The van der Waals surface area contributed by atoms with Crippen molar-refractivity contribution in [3.8, 4) is 5.75 Å². The van der Waals surface area contributed by atoms with E-state index in [1.165, 1.54) is 36.0 Å². The maximum atomic E-state index is 12.1. The molecule has 0 radical (unpaired) electrons. The summed E-state index contributed by atoms with van der Waals surface area (Å²) in [5.41, 5.74) is 0.166. The van der Waals surface area contributed by atoms with Crippen LogP contribution in [0.5, 0.6) is 5.75 Å². The van der Waals surface area contributed by atoms with Gasteiger partial charge in [0, 0.05) is 18.5 Å². The van der Waals surface area contributed by atoms with Crippen molar-refractivity contribution in [1.29, 1.82) is 0 Å². The number of carbonyl (C=O) groups excluding carboxylic acids is 2. The van der Waals surface area contributed by atoms with E-state index in [0.717, 1.165) is 18.7 Å². The lowest BCUT2D eigenvalue weighted by Crippen LogP contribution is -2.31. The van der Waals surface area contributed by atoms with Gasteiger partial charge in [0.25, 0.3) is 5.91 Å². The molecule has 2 amide bonds. The number of alkyl halides is 2. The number of ether oxygens (including phenoxy) is 1. The van der Waals surface area contributed by atoms with Crippen LogP contribution < -0.4 is 10.1 Å². The summed E-state index contributed by atoms with van der Waals surface area (Å²) in [5, 5.41) is 11.0. The second-order valence-corrected chi connectivity index (χ2v) is 6.69. The summed E-state index contributed by atoms with van der Waals surface area (Å²) >= 11 is 1.19. The fourth-order valence-corrected chi connectivity index (χ4v) is 3.02. The summed E-state index contributed by atoms with van der Waals surface area (Å²) in [6.07, 6.45) is 2.21. The molecule has 1 aliphatic rings. The Hall–Kier alpha value is -2.49. The van der Waals surface area contributed by atoms with Gasteiger partial charge in [-0.3, -0.25) is 14.9 Å². The van der Waals surface area contributed by atoms with Crippen molar-refractivity contribution in [3.05, 3.63) is 35.7 Å². The maximum absolute atomic E-state index is 12.1. The Kier molecular flexibility index (Phi) is 5.50. The van der Waals surface area contributed by atoms with Crippen molar-refractivity contribution in [2.45, 2.75) is 30.5 Å². The third-order valence-electron chi connectivity index (χ3n) is 3.74. The van der Waals surface area contributed by atoms with E-state index in [-0.39, 0.29) is 17.1 Å². The molecule has 1 heterocycles. The standard InChI is InChI=1S/C16H16F2N4O3S/c1-22-13(9-2-3-9)20-21-16(22)26-8-12(23)19-14(24)10-4-6-11(7-5-10)25-15(17)18/h4-7,9,15H,2-3,8H2,1H3,(H,19,23,24). The number of halogens is 2. The highest BCUT2D eigenvalue weighted by molar-refractivity contribution is 7.99. The Labute approximate surface area is 152 Å². The molecule has 1 aromatic heterocycles. The fourth-order valence-electron chi connectivity index (χ4n) is 2.30. The van der Waals surface area contributed by atoms with Gasteiger partial charge in [-0.05, 0) is 37.1 Å². The largest absolute Gasteiger partial charge is 0.435 e. The van der Waals surface area contributed by atoms with Gasteiger partial charge in [0.05, 0.1) is 5.75 Å². The average molecular weight is 382 g/mol. The second kappa shape index (κ2) is 7.81. The van der Waals surface area contributed by atoms with Crippen LogP contribution in [0.1, 0.15) is 34.9 Å². The predicted molar refractivity (Wildman–Crippen MR) is 89.2 cm³/mol. The number of carbonyl (C=O) groups is 2. The zero-order valence-corrected chi connectivity index (χ0v) is 14.6. The molecular formula is C16H16F2N4O3S. The van der Waals surface area contributed by atoms with E-state index < -0.39 is 18.4 Å². The van der Waals surface area contributed by atoms with Gasteiger partial charge >= 0.3 is 6.61 Å². The Morgan fingerprint density at radius 2 is 2.00 bits per heavy atom. The maximum Gasteiger partial charge on any atom is 0.387 e. The summed E-state index contributed by atoms with van der Waals surface area (Å²) in [6, 6.07) is 5.08. The first-order chi connectivity index (χ1) is 12.4. The van der Waals surface area contributed by atoms with Crippen molar-refractivity contribution >= 4 is 23.6 Å². The van der Waals surface area contributed by atoms with Crippen LogP contribution in [-0.4, -0.2) is 38.9 Å². The lowest BCUT2D eigenvalue weighted by Gasteiger charge is -2.06. The lowest BCUT2D eigenvalue weighted by molar-refractivity contribution is -0.117. The second-order valence-electron chi connectivity index (χ2n) is 5.74. The Morgan fingerprint density at radius 1 is 1.31 bits per heavy atom. The van der Waals surface area contributed by atoms with E-state index in [1.807, 2.05) is 11.6 Å². The number of imide groups is 1. The molecule has 1 aliphatic carbocycles. The van der Waals surface area contributed by atoms with E-state index in [4.69, 9.17) is 0 Å². The molecule has 0 spiro atoms. The number of nitrogens with zero attached hydrogens (tertiary/aromatic N) is 3. The summed E-state index contributed by atoms with van der Waals surface area (Å²) in [7, 11) is 1.85. The first-order valence-electron chi connectivity index (χ1n) is 7.85. The van der Waals surface area contributed by atoms with Gasteiger partial charge in [0.15, 0.2) is 5.16 Å². The van der Waals surface area contributed by atoms with E-state index in [1.54, 1.807) is 0 Å². The molecule has 1 N–H and O–H groups in total. The molecule has 0 unspecified atom stereocenters. The molecule has 0 saturated heterocycles. The topological polar surface area (TPSA) is 86.1 Å². The number of hydrogen-bond acceptors (Lipinski definition) is 6. The third-order valence-corrected chi connectivity index (χ3v) is 4.76. The molecule has 0 atom stereocenters. The molecule has 26 heavy (non-hydrogen) atoms. The molecule has 0 aliphatic heterocycles. The third kappa shape index (κ3) is 4.57. The summed E-state index contributed by atoms with van der Waals surface area (Å²) in [4.78, 5) is 23.9. The molecule has 1 fully saturated rings. The number of nitrogens with one attached hydrogen (secondary N) is 1. The first kappa shape index (κ1) is 18.3. The van der Waals surface area contributed by atoms with Crippen molar-refractivity contribution in [1.82, 2.24) is 20.1 Å². The Morgan fingerprint density at radius 3 is 2.62 bits per heavy atom. The minimum atomic E-state index is -2.94. The predicted octanol–water partition coefficient (Wildman–Crippen LogP) is 2.34. The minimum Gasteiger partial charge on any atom is -0.435 e. The van der Waals surface area contributed by atoms with Gasteiger partial charge in [-0.25, -0.2) is 0 Å². The van der Waals surface area contributed by atoms with E-state index >= 15 is 0 Å². The molecule has 2 aromatic rings. The first-order valence-corrected chi connectivity index (χ1v) is 8.83. The Bertz CT molecular complexity index is 806. The van der Waals surface area contributed by atoms with Crippen LogP contribution in [0.2, 0.25) is 0 Å². The fraction of sp³-hybridized carbons (Fsp3) is 0.375. The zero-order valence-electron chi connectivity index (χ0n) is 13.8. The molecule has 1 saturated carbocycles. The van der Waals surface area contributed by atoms with Crippen molar-refractivity contribution in [2.75, 3.05) is 5.75 Å². The summed E-state index contributed by atoms with van der Waals surface area (Å²) in [5.74, 6) is 0.214. The number of hydrogen-bond donors (Lipinski definition) is 1. The molecular weight excluding hydrogens is 366 g/mol. The zero-order chi connectivity index (χ0) is 18.7. The molecule has 138 valence electrons. The lowest BCUT2D eigenvalue weighted by atomic mass is 10.2. The molecule has 7 nitrogen and oxygen atoms in total. The monoisotopic (exact) mass is 382 g/mol. The van der Waals surface area contributed by atoms with Crippen LogP contribution in [0.4, 0.5) is 8.78 Å². The molecule has 10 heteroatoms. The normalized spacial score (nSPS) is 13.7. The van der Waals surface area contributed by atoms with Gasteiger partial charge in [0.2, 0.25) is 5.91 Å². The highest BCUT2D eigenvalue weighted by Crippen LogP contribution is 2.39. The highest BCUT2D eigenvalue weighted by Gasteiger charge is 2.29. The van der Waals surface area contributed by atoms with Crippen LogP contribution in [0.25, 0.3) is 0 Å². The minimum absolute atomic E-state index is 0.00889. The van der Waals surface area contributed by atoms with Crippen LogP contribution in [0.15, 0.2) is 29.4 Å². The van der Waals surface area contributed by atoms with Gasteiger partial charge in [0.1, 0.15) is 11.6 Å². The molecule has 3 rings (SSSR count). The van der Waals surface area contributed by atoms with E-state index in [2.05, 4.69) is 20.3 Å². The van der Waals surface area contributed by atoms with E-state index in [9.17, 15) is 18.4 Å². The number of benzene rings is 1. The van der Waals surface area contributed by atoms with E-state index in [0.29, 0.717) is 11.1 Å². The van der Waals surface area contributed by atoms with Gasteiger partial charge in [-0.15, -0.1) is 10.2 Å². The van der Waals surface area contributed by atoms with Crippen LogP contribution in [0, 0.1) is 0 Å². The van der Waals surface area contributed by atoms with Crippen molar-refractivity contribution < 1.29 is 23.1 Å². The summed E-state index contributed by atoms with van der Waals surface area (Å²) < 4.78 is 30.2. The van der Waals surface area contributed by atoms with Crippen LogP contribution in [0.3, 0.4) is 0 Å². The van der Waals surface area contributed by atoms with Crippen LogP contribution >= 0.6 is 11.8 Å². The van der Waals surface area contributed by atoms with Crippen molar-refractivity contribution in [2.24, 2.45) is 7.05 Å². The number of aromatic nitrogens is 3. The summed E-state index contributed by atoms with van der Waals surface area (Å²) in [6.45, 7) is -2.94. The molecule has 1 aromatic carbocycles. The molecule has 0 bridgehead atoms. The van der Waals surface area contributed by atoms with Crippen LogP contribution in [-0.2, 0) is 11.8 Å². The van der Waals surface area contributed by atoms with Gasteiger partial charge in [-0.1, -0.05) is 11.8 Å². The Balaban J connectivity index is 1.50. The highest BCUT2D eigenvalue weighted by atomic mass is 32.2.